The standard InChI is InChI=1S/C36H24N2/c1-2-12-25(13-3-1)27-14-4-8-18-32(27)38-35-21-11-7-17-30(35)31-24-26(22-23-36(31)38)37-33-19-9-5-15-28(33)29-16-6-10-20-34(29)37/h1-24H/i2D,3D,7D,11D,17D,21D,22D,23D,24D. The summed E-state index contributed by atoms with van der Waals surface area (Å²) in [5, 5.41) is 2.04. The van der Waals surface area contributed by atoms with Crippen LogP contribution in [0.3, 0.4) is 0 Å². The molecule has 0 unspecified atom stereocenters. The average molecular weight is 494 g/mol. The summed E-state index contributed by atoms with van der Waals surface area (Å²) in [7, 11) is 0. The highest BCUT2D eigenvalue weighted by molar-refractivity contribution is 6.12. The van der Waals surface area contributed by atoms with Gasteiger partial charge in [0.25, 0.3) is 0 Å². The number of hydrogen-bond acceptors (Lipinski definition) is 0. The molecule has 0 aliphatic carbocycles. The molecule has 0 bridgehead atoms. The molecular weight excluding hydrogens is 460 g/mol. The molecule has 0 saturated heterocycles. The van der Waals surface area contributed by atoms with E-state index in [9.17, 15) is 4.11 Å². The van der Waals surface area contributed by atoms with Crippen molar-refractivity contribution in [3.05, 3.63) is 145 Å². The monoisotopic (exact) mass is 493 g/mol. The van der Waals surface area contributed by atoms with Gasteiger partial charge in [-0.05, 0) is 47.9 Å². The van der Waals surface area contributed by atoms with Gasteiger partial charge in [-0.3, -0.25) is 0 Å². The van der Waals surface area contributed by atoms with Gasteiger partial charge >= 0.3 is 0 Å². The largest absolute Gasteiger partial charge is 0.309 e. The Kier molecular flexibility index (Phi) is 3.03. The zero-order chi connectivity index (χ0) is 32.9. The number of benzene rings is 6. The molecule has 0 fully saturated rings. The second-order valence-electron chi connectivity index (χ2n) is 9.11. The quantitative estimate of drug-likeness (QED) is 0.232. The second-order valence-corrected chi connectivity index (χ2v) is 9.11. The van der Waals surface area contributed by atoms with E-state index in [0.29, 0.717) is 16.8 Å². The first-order chi connectivity index (χ1) is 22.6. The van der Waals surface area contributed by atoms with Crippen molar-refractivity contribution in [2.24, 2.45) is 0 Å². The first kappa shape index (κ1) is 14.0. The fraction of sp³-hybridized carbons (Fsp3) is 0. The molecule has 0 saturated carbocycles. The average Bonchev–Trinajstić information content (AvgIpc) is 3.60. The van der Waals surface area contributed by atoms with Crippen molar-refractivity contribution in [2.75, 3.05) is 0 Å². The summed E-state index contributed by atoms with van der Waals surface area (Å²) in [5.41, 5.74) is 3.34. The van der Waals surface area contributed by atoms with Crippen LogP contribution in [0.4, 0.5) is 0 Å². The fourth-order valence-corrected chi connectivity index (χ4v) is 5.44. The van der Waals surface area contributed by atoms with E-state index in [2.05, 4.69) is 0 Å². The number of fused-ring (bicyclic) bond motifs is 6. The van der Waals surface area contributed by atoms with Crippen molar-refractivity contribution >= 4 is 43.6 Å². The van der Waals surface area contributed by atoms with Gasteiger partial charge in [0.15, 0.2) is 0 Å². The summed E-state index contributed by atoms with van der Waals surface area (Å²) in [5.74, 6) is 0. The molecule has 2 nitrogen and oxygen atoms in total. The van der Waals surface area contributed by atoms with Crippen molar-refractivity contribution < 1.29 is 12.3 Å². The molecule has 178 valence electrons. The highest BCUT2D eigenvalue weighted by atomic mass is 15.0. The number of aromatic nitrogens is 2. The van der Waals surface area contributed by atoms with Crippen LogP contribution in [0.5, 0.6) is 0 Å². The number of nitrogens with zero attached hydrogens (tertiary/aromatic N) is 2. The van der Waals surface area contributed by atoms with Crippen molar-refractivity contribution in [1.82, 2.24) is 9.13 Å². The second kappa shape index (κ2) is 8.22. The van der Waals surface area contributed by atoms with Crippen molar-refractivity contribution in [3.63, 3.8) is 0 Å². The highest BCUT2D eigenvalue weighted by Crippen LogP contribution is 2.38. The van der Waals surface area contributed by atoms with Crippen LogP contribution in [0.15, 0.2) is 145 Å². The Balaban J connectivity index is 1.60. The Bertz CT molecular complexity index is 2560. The molecule has 0 radical (unpaired) electrons. The Morgan fingerprint density at radius 1 is 0.447 bits per heavy atom. The summed E-state index contributed by atoms with van der Waals surface area (Å²) in [6.45, 7) is 0. The number of rotatable bonds is 3. The van der Waals surface area contributed by atoms with Crippen LogP contribution in [-0.2, 0) is 0 Å². The van der Waals surface area contributed by atoms with Gasteiger partial charge in [0.1, 0.15) is 0 Å². The van der Waals surface area contributed by atoms with Gasteiger partial charge in [0.05, 0.1) is 40.1 Å². The van der Waals surface area contributed by atoms with Crippen molar-refractivity contribution in [2.45, 2.75) is 0 Å². The van der Waals surface area contributed by atoms with Gasteiger partial charge in [-0.25, -0.2) is 0 Å². The summed E-state index contributed by atoms with van der Waals surface area (Å²) in [6.07, 6.45) is 0. The molecule has 8 rings (SSSR count). The highest BCUT2D eigenvalue weighted by Gasteiger charge is 2.17. The lowest BCUT2D eigenvalue weighted by Crippen LogP contribution is -1.97. The minimum absolute atomic E-state index is 0.0762. The Morgan fingerprint density at radius 3 is 1.89 bits per heavy atom. The Morgan fingerprint density at radius 2 is 1.11 bits per heavy atom. The van der Waals surface area contributed by atoms with Gasteiger partial charge in [0, 0.05) is 32.8 Å². The maximum atomic E-state index is 9.69. The van der Waals surface area contributed by atoms with Crippen LogP contribution in [0.1, 0.15) is 12.3 Å². The number of hydrogen-bond donors (Lipinski definition) is 0. The van der Waals surface area contributed by atoms with Crippen molar-refractivity contribution in [3.8, 4) is 22.5 Å². The zero-order valence-electron chi connectivity index (χ0n) is 29.1. The first-order valence-electron chi connectivity index (χ1n) is 16.8. The predicted octanol–water partition coefficient (Wildman–Crippen LogP) is 9.55. The first-order valence-corrected chi connectivity index (χ1v) is 12.3. The fourth-order valence-electron chi connectivity index (χ4n) is 5.44. The third kappa shape index (κ3) is 3.01. The van der Waals surface area contributed by atoms with E-state index >= 15 is 0 Å². The Hall–Kier alpha value is -5.08. The molecule has 0 aliphatic rings. The lowest BCUT2D eigenvalue weighted by Gasteiger charge is -2.14. The van der Waals surface area contributed by atoms with Crippen LogP contribution in [0.25, 0.3) is 66.1 Å². The van der Waals surface area contributed by atoms with Crippen LogP contribution < -0.4 is 0 Å². The molecular formula is C36H24N2. The van der Waals surface area contributed by atoms with E-state index in [-0.39, 0.29) is 69.8 Å². The lowest BCUT2D eigenvalue weighted by atomic mass is 10.0. The molecule has 0 aliphatic heterocycles. The molecule has 2 aromatic heterocycles. The smallest absolute Gasteiger partial charge is 0.0652 e. The molecule has 38 heavy (non-hydrogen) atoms. The van der Waals surface area contributed by atoms with Gasteiger partial charge < -0.3 is 9.13 Å². The third-order valence-corrected chi connectivity index (χ3v) is 7.05. The van der Waals surface area contributed by atoms with Crippen LogP contribution in [-0.4, -0.2) is 9.13 Å². The van der Waals surface area contributed by atoms with Gasteiger partial charge in [-0.1, -0.05) is 103 Å². The zero-order valence-corrected chi connectivity index (χ0v) is 20.1. The molecule has 0 spiro atoms. The molecule has 2 heteroatoms. The molecule has 0 atom stereocenters. The normalized spacial score (nSPS) is 15.0. The Labute approximate surface area is 233 Å². The maximum Gasteiger partial charge on any atom is 0.0652 e. The molecule has 8 aromatic rings. The van der Waals surface area contributed by atoms with E-state index in [1.54, 1.807) is 45.5 Å². The summed E-state index contributed by atoms with van der Waals surface area (Å²) < 4.78 is 83.6. The summed E-state index contributed by atoms with van der Waals surface area (Å²) in [4.78, 5) is 0. The van der Waals surface area contributed by atoms with E-state index in [1.807, 2.05) is 48.5 Å². The van der Waals surface area contributed by atoms with Crippen LogP contribution >= 0.6 is 0 Å². The SMILES string of the molecule is [2H]c1cc([2H])cc(-c2ccccc2-n2c3c([2H])c([2H])c([2H])c([2H])c3c3c([2H])c(-n4c5ccccc5c5ccccc54)c([2H])c([2H])c32)c1. The minimum Gasteiger partial charge on any atom is -0.309 e. The maximum absolute atomic E-state index is 9.69. The topological polar surface area (TPSA) is 9.86 Å². The summed E-state index contributed by atoms with van der Waals surface area (Å²) in [6, 6.07) is 25.0. The van der Waals surface area contributed by atoms with E-state index < -0.39 is 12.1 Å². The van der Waals surface area contributed by atoms with Gasteiger partial charge in [-0.2, -0.15) is 0 Å². The molecule has 2 heterocycles. The van der Waals surface area contributed by atoms with E-state index in [1.165, 1.54) is 6.07 Å². The van der Waals surface area contributed by atoms with E-state index in [4.69, 9.17) is 8.22 Å². The third-order valence-electron chi connectivity index (χ3n) is 7.05. The number of para-hydroxylation sites is 4. The molecule has 6 aromatic carbocycles. The van der Waals surface area contributed by atoms with E-state index in [0.717, 1.165) is 21.8 Å². The summed E-state index contributed by atoms with van der Waals surface area (Å²) >= 11 is 0. The minimum atomic E-state index is -0.463. The van der Waals surface area contributed by atoms with Crippen LogP contribution in [0.2, 0.25) is 0 Å². The van der Waals surface area contributed by atoms with Crippen molar-refractivity contribution in [1.29, 1.82) is 0 Å². The van der Waals surface area contributed by atoms with Gasteiger partial charge in [0.2, 0.25) is 0 Å². The predicted molar refractivity (Wildman–Crippen MR) is 161 cm³/mol. The lowest BCUT2D eigenvalue weighted by molar-refractivity contribution is 1.17. The molecule has 0 N–H and O–H groups in total. The molecule has 0 amide bonds. The van der Waals surface area contributed by atoms with Crippen LogP contribution in [0, 0.1) is 0 Å². The van der Waals surface area contributed by atoms with Gasteiger partial charge in [-0.15, -0.1) is 0 Å².